The lowest BCUT2D eigenvalue weighted by atomic mass is 9.92. The second-order valence-corrected chi connectivity index (χ2v) is 8.37. The van der Waals surface area contributed by atoms with Gasteiger partial charge in [0, 0.05) is 23.4 Å². The summed E-state index contributed by atoms with van der Waals surface area (Å²) in [7, 11) is 1.82. The highest BCUT2D eigenvalue weighted by Gasteiger charge is 2.36. The minimum absolute atomic E-state index is 0.259. The van der Waals surface area contributed by atoms with Crippen LogP contribution in [0.3, 0.4) is 0 Å². The van der Waals surface area contributed by atoms with Crippen molar-refractivity contribution < 1.29 is 4.39 Å². The highest BCUT2D eigenvalue weighted by atomic mass is 35.5. The molecular formula is C19H19ClFN5S. The molecule has 1 aliphatic heterocycles. The van der Waals surface area contributed by atoms with Crippen molar-refractivity contribution in [1.29, 1.82) is 5.41 Å². The van der Waals surface area contributed by atoms with E-state index in [0.717, 1.165) is 11.0 Å². The third kappa shape index (κ3) is 2.95. The fourth-order valence-corrected chi connectivity index (χ4v) is 4.42. The van der Waals surface area contributed by atoms with Gasteiger partial charge < -0.3 is 5.32 Å². The first kappa shape index (κ1) is 18.1. The SMILES string of the molecule is Cc1nc2ccc(Cl)cc2n1-c1cccc([C@]2(C)CSN(C)C(=N)N2)c1F. The number of guanidine groups is 1. The fourth-order valence-electron chi connectivity index (χ4n) is 3.40. The van der Waals surface area contributed by atoms with Gasteiger partial charge in [-0.05, 0) is 50.1 Å². The van der Waals surface area contributed by atoms with Crippen molar-refractivity contribution in [2.75, 3.05) is 12.8 Å². The van der Waals surface area contributed by atoms with Gasteiger partial charge in [0.15, 0.2) is 5.82 Å². The molecule has 0 amide bonds. The lowest BCUT2D eigenvalue weighted by Gasteiger charge is -2.40. The molecule has 8 heteroatoms. The maximum absolute atomic E-state index is 15.7. The summed E-state index contributed by atoms with van der Waals surface area (Å²) in [5.74, 6) is 1.23. The zero-order valence-electron chi connectivity index (χ0n) is 15.2. The number of hydrogen-bond acceptors (Lipinski definition) is 3. The maximum Gasteiger partial charge on any atom is 0.201 e. The number of aryl methyl sites for hydroxylation is 1. The summed E-state index contributed by atoms with van der Waals surface area (Å²) in [6, 6.07) is 10.8. The Hall–Kier alpha value is -2.25. The largest absolute Gasteiger partial charge is 0.345 e. The molecule has 1 aliphatic rings. The molecule has 1 atom stereocenters. The van der Waals surface area contributed by atoms with Crippen LogP contribution in [0.5, 0.6) is 0 Å². The van der Waals surface area contributed by atoms with Gasteiger partial charge in [0.25, 0.3) is 0 Å². The summed E-state index contributed by atoms with van der Waals surface area (Å²) in [6.07, 6.45) is 0. The Morgan fingerprint density at radius 3 is 2.85 bits per heavy atom. The normalized spacial score (nSPS) is 20.2. The second kappa shape index (κ2) is 6.42. The van der Waals surface area contributed by atoms with E-state index in [0.29, 0.717) is 27.9 Å². The predicted octanol–water partition coefficient (Wildman–Crippen LogP) is 4.46. The monoisotopic (exact) mass is 403 g/mol. The Morgan fingerprint density at radius 1 is 1.33 bits per heavy atom. The first-order valence-corrected chi connectivity index (χ1v) is 9.79. The first-order chi connectivity index (χ1) is 12.8. The summed E-state index contributed by atoms with van der Waals surface area (Å²) in [5.41, 5.74) is 1.79. The van der Waals surface area contributed by atoms with Crippen LogP contribution in [0.25, 0.3) is 16.7 Å². The van der Waals surface area contributed by atoms with Crippen LogP contribution in [-0.4, -0.2) is 32.6 Å². The number of imidazole rings is 1. The molecule has 0 saturated carbocycles. The molecule has 1 saturated heterocycles. The molecule has 140 valence electrons. The zero-order chi connectivity index (χ0) is 19.3. The summed E-state index contributed by atoms with van der Waals surface area (Å²) in [5, 5.41) is 11.8. The standard InChI is InChI=1S/C19H19ClFN5S/c1-11-23-14-8-7-12(20)9-16(14)26(11)15-6-4-5-13(17(15)21)19(2)10-27-25(3)18(22)24-19/h4-9H,10H2,1-3H3,(H2,22,24)/t19-/m0/s1. The molecule has 2 aromatic carbocycles. The third-order valence-corrected chi connectivity index (χ3v) is 6.37. The van der Waals surface area contributed by atoms with E-state index in [2.05, 4.69) is 10.3 Å². The lowest BCUT2D eigenvalue weighted by molar-refractivity contribution is 0.431. The molecule has 2 heterocycles. The van der Waals surface area contributed by atoms with Gasteiger partial charge in [0.1, 0.15) is 5.82 Å². The van der Waals surface area contributed by atoms with Crippen molar-refractivity contribution >= 4 is 40.5 Å². The van der Waals surface area contributed by atoms with Gasteiger partial charge in [-0.25, -0.2) is 9.37 Å². The molecule has 4 rings (SSSR count). The van der Waals surface area contributed by atoms with Crippen molar-refractivity contribution in [3.8, 4) is 5.69 Å². The van der Waals surface area contributed by atoms with Crippen LogP contribution in [0.4, 0.5) is 4.39 Å². The van der Waals surface area contributed by atoms with Gasteiger partial charge in [-0.3, -0.25) is 14.3 Å². The highest BCUT2D eigenvalue weighted by Crippen LogP contribution is 2.35. The van der Waals surface area contributed by atoms with Gasteiger partial charge in [0.05, 0.1) is 22.3 Å². The van der Waals surface area contributed by atoms with Crippen molar-refractivity contribution in [2.24, 2.45) is 0 Å². The van der Waals surface area contributed by atoms with Crippen LogP contribution in [0.1, 0.15) is 18.3 Å². The smallest absolute Gasteiger partial charge is 0.201 e. The molecule has 0 aliphatic carbocycles. The quantitative estimate of drug-likeness (QED) is 0.620. The number of aromatic nitrogens is 2. The molecule has 0 unspecified atom stereocenters. The van der Waals surface area contributed by atoms with Crippen molar-refractivity contribution in [3.63, 3.8) is 0 Å². The van der Waals surface area contributed by atoms with E-state index in [9.17, 15) is 0 Å². The molecule has 2 N–H and O–H groups in total. The Kier molecular flexibility index (Phi) is 4.31. The third-order valence-electron chi connectivity index (χ3n) is 4.85. The molecule has 1 fully saturated rings. The second-order valence-electron chi connectivity index (χ2n) is 6.84. The molecule has 1 aromatic heterocycles. The first-order valence-electron chi connectivity index (χ1n) is 8.47. The van der Waals surface area contributed by atoms with Crippen LogP contribution >= 0.6 is 23.5 Å². The van der Waals surface area contributed by atoms with Crippen LogP contribution in [-0.2, 0) is 5.54 Å². The molecule has 5 nitrogen and oxygen atoms in total. The zero-order valence-corrected chi connectivity index (χ0v) is 16.7. The van der Waals surface area contributed by atoms with Gasteiger partial charge in [-0.2, -0.15) is 0 Å². The Balaban J connectivity index is 1.88. The van der Waals surface area contributed by atoms with Crippen LogP contribution < -0.4 is 5.32 Å². The number of rotatable bonds is 2. The average molecular weight is 404 g/mol. The van der Waals surface area contributed by atoms with E-state index in [1.54, 1.807) is 33.1 Å². The topological polar surface area (TPSA) is 56.9 Å². The number of benzene rings is 2. The summed E-state index contributed by atoms with van der Waals surface area (Å²) < 4.78 is 19.2. The van der Waals surface area contributed by atoms with E-state index < -0.39 is 5.54 Å². The number of hydrogen-bond donors (Lipinski definition) is 2. The van der Waals surface area contributed by atoms with Gasteiger partial charge in [0.2, 0.25) is 5.96 Å². The van der Waals surface area contributed by atoms with E-state index in [4.69, 9.17) is 17.0 Å². The van der Waals surface area contributed by atoms with E-state index >= 15 is 4.39 Å². The van der Waals surface area contributed by atoms with Crippen molar-refractivity contribution in [1.82, 2.24) is 19.2 Å². The lowest BCUT2D eigenvalue weighted by Crippen LogP contribution is -2.54. The molecule has 0 radical (unpaired) electrons. The van der Waals surface area contributed by atoms with Gasteiger partial charge in [-0.15, -0.1) is 0 Å². The maximum atomic E-state index is 15.7. The van der Waals surface area contributed by atoms with Crippen molar-refractivity contribution in [2.45, 2.75) is 19.4 Å². The molecule has 3 aromatic rings. The number of nitrogens with zero attached hydrogens (tertiary/aromatic N) is 3. The predicted molar refractivity (Wildman–Crippen MR) is 109 cm³/mol. The number of fused-ring (bicyclic) bond motifs is 1. The van der Waals surface area contributed by atoms with Crippen LogP contribution in [0, 0.1) is 18.2 Å². The Morgan fingerprint density at radius 2 is 2.11 bits per heavy atom. The molecular weight excluding hydrogens is 385 g/mol. The van der Waals surface area contributed by atoms with Gasteiger partial charge >= 0.3 is 0 Å². The number of nitrogens with one attached hydrogen (secondary N) is 2. The summed E-state index contributed by atoms with van der Waals surface area (Å²) >= 11 is 7.65. The minimum Gasteiger partial charge on any atom is -0.345 e. The highest BCUT2D eigenvalue weighted by molar-refractivity contribution is 7.97. The molecule has 0 spiro atoms. The van der Waals surface area contributed by atoms with E-state index in [1.165, 1.54) is 11.9 Å². The van der Waals surface area contributed by atoms with Crippen LogP contribution in [0.2, 0.25) is 5.02 Å². The molecule has 0 bridgehead atoms. The average Bonchev–Trinajstić information content (AvgIpc) is 2.94. The molecule has 27 heavy (non-hydrogen) atoms. The fraction of sp³-hybridized carbons (Fsp3) is 0.263. The summed E-state index contributed by atoms with van der Waals surface area (Å²) in [6.45, 7) is 3.76. The number of halogens is 2. The van der Waals surface area contributed by atoms with Gasteiger partial charge in [-0.1, -0.05) is 23.7 Å². The van der Waals surface area contributed by atoms with E-state index in [-0.39, 0.29) is 11.8 Å². The Bertz CT molecular complexity index is 1070. The Labute approximate surface area is 166 Å². The minimum atomic E-state index is -0.684. The van der Waals surface area contributed by atoms with Crippen molar-refractivity contribution in [3.05, 3.63) is 58.6 Å². The summed E-state index contributed by atoms with van der Waals surface area (Å²) in [4.78, 5) is 4.53. The van der Waals surface area contributed by atoms with Crippen LogP contribution in [0.15, 0.2) is 36.4 Å². The van der Waals surface area contributed by atoms with E-state index in [1.807, 2.05) is 33.0 Å².